The van der Waals surface area contributed by atoms with E-state index in [-0.39, 0.29) is 11.9 Å². The lowest BCUT2D eigenvalue weighted by molar-refractivity contribution is -0.123. The van der Waals surface area contributed by atoms with E-state index >= 15 is 0 Å². The monoisotopic (exact) mass is 353 g/mol. The fourth-order valence-corrected chi connectivity index (χ4v) is 4.11. The van der Waals surface area contributed by atoms with E-state index < -0.39 is 0 Å². The number of hydrogen-bond acceptors (Lipinski definition) is 3. The second-order valence-corrected chi connectivity index (χ2v) is 7.41. The molecule has 0 aliphatic carbocycles. The lowest BCUT2D eigenvalue weighted by Crippen LogP contribution is -2.30. The molecule has 3 rings (SSSR count). The summed E-state index contributed by atoms with van der Waals surface area (Å²) in [4.78, 5) is 15.2. The van der Waals surface area contributed by atoms with Crippen molar-refractivity contribution in [2.75, 3.05) is 0 Å². The number of carbonyl (C=O) groups excluding carboxylic acids is 1. The summed E-state index contributed by atoms with van der Waals surface area (Å²) >= 11 is 6.83. The maximum Gasteiger partial charge on any atom is 0.266 e. The average molecular weight is 354 g/mol. The summed E-state index contributed by atoms with van der Waals surface area (Å²) < 4.78 is 0.618. The molecule has 2 aromatic rings. The molecule has 2 nitrogen and oxygen atoms in total. The first-order valence-electron chi connectivity index (χ1n) is 8.01. The Morgan fingerprint density at radius 3 is 2.42 bits per heavy atom. The molecule has 1 aliphatic rings. The van der Waals surface area contributed by atoms with Gasteiger partial charge in [-0.15, -0.1) is 0 Å². The van der Waals surface area contributed by atoms with E-state index in [1.165, 1.54) is 17.3 Å². The van der Waals surface area contributed by atoms with Gasteiger partial charge in [0.15, 0.2) is 0 Å². The molecule has 1 unspecified atom stereocenters. The zero-order valence-corrected chi connectivity index (χ0v) is 15.4. The Labute approximate surface area is 152 Å². The van der Waals surface area contributed by atoms with Gasteiger partial charge in [0.05, 0.1) is 10.9 Å². The molecule has 4 heteroatoms. The number of rotatable bonds is 4. The SMILES string of the molecule is CCc1ccc(C=C2SC(=S)N(C(C)c3ccccc3)C2=O)cc1. The Kier molecular flexibility index (Phi) is 5.17. The van der Waals surface area contributed by atoms with Gasteiger partial charge in [0, 0.05) is 0 Å². The van der Waals surface area contributed by atoms with Gasteiger partial charge in [-0.3, -0.25) is 9.69 Å². The van der Waals surface area contributed by atoms with Crippen LogP contribution in [0.1, 0.15) is 36.6 Å². The van der Waals surface area contributed by atoms with Crippen molar-refractivity contribution in [2.24, 2.45) is 0 Å². The molecule has 122 valence electrons. The van der Waals surface area contributed by atoms with Gasteiger partial charge in [0.2, 0.25) is 0 Å². The van der Waals surface area contributed by atoms with Gasteiger partial charge in [-0.05, 0) is 36.1 Å². The second-order valence-electron chi connectivity index (χ2n) is 5.73. The van der Waals surface area contributed by atoms with Crippen molar-refractivity contribution in [3.63, 3.8) is 0 Å². The lowest BCUT2D eigenvalue weighted by Gasteiger charge is -2.23. The predicted molar refractivity (Wildman–Crippen MR) is 106 cm³/mol. The zero-order valence-electron chi connectivity index (χ0n) is 13.7. The first kappa shape index (κ1) is 16.9. The molecule has 1 fully saturated rings. The van der Waals surface area contributed by atoms with E-state index in [9.17, 15) is 4.79 Å². The summed E-state index contributed by atoms with van der Waals surface area (Å²) in [6, 6.07) is 18.2. The first-order chi connectivity index (χ1) is 11.6. The van der Waals surface area contributed by atoms with Crippen molar-refractivity contribution >= 4 is 40.3 Å². The normalized spacial score (nSPS) is 17.6. The van der Waals surface area contributed by atoms with Crippen molar-refractivity contribution in [3.8, 4) is 0 Å². The first-order valence-corrected chi connectivity index (χ1v) is 9.23. The minimum atomic E-state index is -0.0629. The van der Waals surface area contributed by atoms with Crippen LogP contribution in [0.5, 0.6) is 0 Å². The van der Waals surface area contributed by atoms with Gasteiger partial charge >= 0.3 is 0 Å². The van der Waals surface area contributed by atoms with Gasteiger partial charge in [-0.25, -0.2) is 0 Å². The van der Waals surface area contributed by atoms with Crippen molar-refractivity contribution in [3.05, 3.63) is 76.2 Å². The standard InChI is InChI=1S/C20H19NOS2/c1-3-15-9-11-16(12-10-15)13-18-19(22)21(20(23)24-18)14(2)17-7-5-4-6-8-17/h4-14H,3H2,1-2H3. The number of thiocarbonyl (C=S) groups is 1. The van der Waals surface area contributed by atoms with E-state index in [1.54, 1.807) is 4.90 Å². The Morgan fingerprint density at radius 1 is 1.12 bits per heavy atom. The molecular weight excluding hydrogens is 334 g/mol. The molecule has 0 spiro atoms. The fraction of sp³-hybridized carbons (Fsp3) is 0.200. The highest BCUT2D eigenvalue weighted by molar-refractivity contribution is 8.26. The van der Waals surface area contributed by atoms with Crippen LogP contribution in [0, 0.1) is 0 Å². The van der Waals surface area contributed by atoms with Crippen LogP contribution in [0.25, 0.3) is 6.08 Å². The Morgan fingerprint density at radius 2 is 1.79 bits per heavy atom. The number of carbonyl (C=O) groups is 1. The van der Waals surface area contributed by atoms with Crippen LogP contribution in [0.2, 0.25) is 0 Å². The van der Waals surface area contributed by atoms with E-state index in [0.29, 0.717) is 9.23 Å². The van der Waals surface area contributed by atoms with Gasteiger partial charge in [-0.2, -0.15) is 0 Å². The number of hydrogen-bond donors (Lipinski definition) is 0. The second kappa shape index (κ2) is 7.32. The molecule has 0 radical (unpaired) electrons. The van der Waals surface area contributed by atoms with Crippen LogP contribution in [-0.4, -0.2) is 15.1 Å². The smallest absolute Gasteiger partial charge is 0.266 e. The molecule has 1 saturated heterocycles. The minimum absolute atomic E-state index is 0.0130. The van der Waals surface area contributed by atoms with Gasteiger partial charge in [0.25, 0.3) is 5.91 Å². The van der Waals surface area contributed by atoms with Gasteiger partial charge in [-0.1, -0.05) is 85.5 Å². The molecule has 0 N–H and O–H groups in total. The van der Waals surface area contributed by atoms with E-state index in [4.69, 9.17) is 12.2 Å². The zero-order chi connectivity index (χ0) is 17.1. The Hall–Kier alpha value is -1.91. The molecule has 1 heterocycles. The largest absolute Gasteiger partial charge is 0.286 e. The predicted octanol–water partition coefficient (Wildman–Crippen LogP) is 5.21. The summed E-state index contributed by atoms with van der Waals surface area (Å²) in [5.74, 6) is -0.0130. The van der Waals surface area contributed by atoms with Crippen molar-refractivity contribution < 1.29 is 4.79 Å². The molecule has 1 atom stereocenters. The molecule has 0 saturated carbocycles. The number of aryl methyl sites for hydroxylation is 1. The number of benzene rings is 2. The Bertz CT molecular complexity index is 781. The van der Waals surface area contributed by atoms with Crippen LogP contribution in [-0.2, 0) is 11.2 Å². The van der Waals surface area contributed by atoms with Crippen LogP contribution < -0.4 is 0 Å². The number of thioether (sulfide) groups is 1. The highest BCUT2D eigenvalue weighted by atomic mass is 32.2. The maximum atomic E-state index is 12.8. The minimum Gasteiger partial charge on any atom is -0.286 e. The number of amides is 1. The summed E-state index contributed by atoms with van der Waals surface area (Å²) in [5.41, 5.74) is 3.40. The molecule has 1 amide bonds. The highest BCUT2D eigenvalue weighted by Crippen LogP contribution is 2.37. The third-order valence-corrected chi connectivity index (χ3v) is 5.51. The highest BCUT2D eigenvalue weighted by Gasteiger charge is 2.35. The van der Waals surface area contributed by atoms with Crippen LogP contribution in [0.4, 0.5) is 0 Å². The van der Waals surface area contributed by atoms with Gasteiger partial charge in [0.1, 0.15) is 4.32 Å². The van der Waals surface area contributed by atoms with E-state index in [2.05, 4.69) is 19.1 Å². The number of nitrogens with zero attached hydrogens (tertiary/aromatic N) is 1. The van der Waals surface area contributed by atoms with Crippen LogP contribution in [0.15, 0.2) is 59.5 Å². The third kappa shape index (κ3) is 3.45. The van der Waals surface area contributed by atoms with E-state index in [1.807, 2.05) is 55.5 Å². The summed E-state index contributed by atoms with van der Waals surface area (Å²) in [7, 11) is 0. The lowest BCUT2D eigenvalue weighted by atomic mass is 10.1. The average Bonchev–Trinajstić information content (AvgIpc) is 2.89. The summed E-state index contributed by atoms with van der Waals surface area (Å²) in [5, 5.41) is 0. The maximum absolute atomic E-state index is 12.8. The Balaban J connectivity index is 1.84. The van der Waals surface area contributed by atoms with Crippen molar-refractivity contribution in [1.29, 1.82) is 0 Å². The summed E-state index contributed by atoms with van der Waals surface area (Å²) in [6.07, 6.45) is 2.94. The summed E-state index contributed by atoms with van der Waals surface area (Å²) in [6.45, 7) is 4.14. The van der Waals surface area contributed by atoms with Crippen LogP contribution >= 0.6 is 24.0 Å². The van der Waals surface area contributed by atoms with E-state index in [0.717, 1.165) is 17.5 Å². The molecule has 1 aliphatic heterocycles. The third-order valence-electron chi connectivity index (χ3n) is 4.18. The topological polar surface area (TPSA) is 20.3 Å². The van der Waals surface area contributed by atoms with Gasteiger partial charge < -0.3 is 0 Å². The molecule has 2 aromatic carbocycles. The van der Waals surface area contributed by atoms with Crippen molar-refractivity contribution in [1.82, 2.24) is 4.90 Å². The quantitative estimate of drug-likeness (QED) is 0.556. The molecule has 0 aromatic heterocycles. The molecule has 0 bridgehead atoms. The molecular formula is C20H19NOS2. The fourth-order valence-electron chi connectivity index (χ4n) is 2.70. The van der Waals surface area contributed by atoms with Crippen molar-refractivity contribution in [2.45, 2.75) is 26.3 Å². The van der Waals surface area contributed by atoms with Crippen LogP contribution in [0.3, 0.4) is 0 Å². The molecule has 24 heavy (non-hydrogen) atoms.